The number of aryl methyl sites for hydroxylation is 2. The quantitative estimate of drug-likeness (QED) is 0.324. The van der Waals surface area contributed by atoms with Crippen molar-refractivity contribution in [2.24, 2.45) is 10.7 Å². The molecule has 0 fully saturated rings. The summed E-state index contributed by atoms with van der Waals surface area (Å²) >= 11 is 0. The van der Waals surface area contributed by atoms with Crippen LogP contribution < -0.4 is 11.1 Å². The van der Waals surface area contributed by atoms with Crippen LogP contribution in [0.4, 0.5) is 5.69 Å². The number of nitrogens with zero attached hydrogens (tertiary/aromatic N) is 1. The normalized spacial score (nSPS) is 11.3. The Balaban J connectivity index is 0.00000208. The average molecular weight is 434 g/mol. The van der Waals surface area contributed by atoms with Crippen LogP contribution in [-0.4, -0.2) is 17.5 Å². The van der Waals surface area contributed by atoms with Crippen molar-refractivity contribution in [3.63, 3.8) is 0 Å². The van der Waals surface area contributed by atoms with Crippen molar-refractivity contribution in [2.75, 3.05) is 11.9 Å². The summed E-state index contributed by atoms with van der Waals surface area (Å²) in [6.45, 7) is 4.83. The Morgan fingerprint density at radius 2 is 1.96 bits per heavy atom. The second-order valence-electron chi connectivity index (χ2n) is 5.82. The van der Waals surface area contributed by atoms with E-state index < -0.39 is 0 Å². The van der Waals surface area contributed by atoms with Crippen molar-refractivity contribution in [3.8, 4) is 0 Å². The van der Waals surface area contributed by atoms with Crippen LogP contribution in [0.15, 0.2) is 53.7 Å². The van der Waals surface area contributed by atoms with Gasteiger partial charge in [0.15, 0.2) is 5.96 Å². The summed E-state index contributed by atoms with van der Waals surface area (Å²) in [6, 6.07) is 14.4. The van der Waals surface area contributed by atoms with E-state index in [2.05, 4.69) is 59.6 Å². The number of aliphatic imine (C=N–C) groups is 1. The predicted molar refractivity (Wildman–Crippen MR) is 113 cm³/mol. The first-order valence-corrected chi connectivity index (χ1v) is 7.82. The molecule has 0 bridgehead atoms. The Morgan fingerprint density at radius 3 is 2.75 bits per heavy atom. The van der Waals surface area contributed by atoms with E-state index in [9.17, 15) is 0 Å². The second-order valence-corrected chi connectivity index (χ2v) is 5.82. The van der Waals surface area contributed by atoms with Gasteiger partial charge >= 0.3 is 0 Å². The first kappa shape index (κ1) is 18.3. The number of nitrogens with two attached hydrogens (primary N) is 1. The van der Waals surface area contributed by atoms with Gasteiger partial charge in [0.25, 0.3) is 0 Å². The lowest BCUT2D eigenvalue weighted by Crippen LogP contribution is -2.23. The summed E-state index contributed by atoms with van der Waals surface area (Å²) in [6.07, 6.45) is 2.93. The average Bonchev–Trinajstić information content (AvgIpc) is 2.92. The zero-order valence-electron chi connectivity index (χ0n) is 14.0. The summed E-state index contributed by atoms with van der Waals surface area (Å²) in [5, 5.41) is 4.40. The zero-order valence-corrected chi connectivity index (χ0v) is 16.3. The summed E-state index contributed by atoms with van der Waals surface area (Å²) in [5.74, 6) is 0.451. The molecule has 0 aliphatic heterocycles. The number of aromatic amines is 1. The Bertz CT molecular complexity index is 851. The molecule has 0 spiro atoms. The standard InChI is InChI=1S/C19H22N4.HI/c1-13-5-3-7-16(11-13)23-19(20)21-10-9-15-12-22-18-14(2)6-4-8-17(15)18;/h3-8,11-12,22H,9-10H2,1-2H3,(H3,20,21,23);1H. The highest BCUT2D eigenvalue weighted by Gasteiger charge is 2.04. The van der Waals surface area contributed by atoms with Crippen molar-refractivity contribution in [2.45, 2.75) is 20.3 Å². The van der Waals surface area contributed by atoms with Gasteiger partial charge < -0.3 is 16.0 Å². The minimum Gasteiger partial charge on any atom is -0.370 e. The number of halogens is 1. The molecule has 2 aromatic carbocycles. The third-order valence-corrected chi connectivity index (χ3v) is 3.96. The maximum absolute atomic E-state index is 5.96. The fraction of sp³-hybridized carbons (Fsp3) is 0.211. The zero-order chi connectivity index (χ0) is 16.2. The Hall–Kier alpha value is -2.02. The maximum Gasteiger partial charge on any atom is 0.193 e. The fourth-order valence-corrected chi connectivity index (χ4v) is 2.78. The van der Waals surface area contributed by atoms with E-state index in [0.717, 1.165) is 12.1 Å². The molecule has 4 N–H and O–H groups in total. The number of para-hydroxylation sites is 1. The van der Waals surface area contributed by atoms with Crippen molar-refractivity contribution < 1.29 is 0 Å². The topological polar surface area (TPSA) is 66.2 Å². The van der Waals surface area contributed by atoms with E-state index in [1.54, 1.807) is 0 Å². The van der Waals surface area contributed by atoms with Gasteiger partial charge in [-0.2, -0.15) is 0 Å². The van der Waals surface area contributed by atoms with Gasteiger partial charge in [0.2, 0.25) is 0 Å². The van der Waals surface area contributed by atoms with Gasteiger partial charge in [-0.15, -0.1) is 24.0 Å². The molecule has 24 heavy (non-hydrogen) atoms. The van der Waals surface area contributed by atoms with Crippen LogP contribution in [0.25, 0.3) is 10.9 Å². The number of nitrogens with one attached hydrogen (secondary N) is 2. The van der Waals surface area contributed by atoms with Crippen LogP contribution in [0.2, 0.25) is 0 Å². The van der Waals surface area contributed by atoms with Crippen LogP contribution >= 0.6 is 24.0 Å². The molecule has 0 unspecified atom stereocenters. The van der Waals surface area contributed by atoms with E-state index in [1.807, 2.05) is 18.2 Å². The van der Waals surface area contributed by atoms with Crippen molar-refractivity contribution >= 4 is 46.5 Å². The molecule has 3 rings (SSSR count). The van der Waals surface area contributed by atoms with Crippen LogP contribution in [0.5, 0.6) is 0 Å². The lowest BCUT2D eigenvalue weighted by atomic mass is 10.1. The summed E-state index contributed by atoms with van der Waals surface area (Å²) in [5.41, 5.74) is 11.9. The first-order chi connectivity index (χ1) is 11.1. The molecular formula is C19H23IN4. The number of H-pyrrole nitrogens is 1. The molecule has 0 aliphatic rings. The van der Waals surface area contributed by atoms with Crippen molar-refractivity contribution in [1.82, 2.24) is 4.98 Å². The molecule has 1 heterocycles. The van der Waals surface area contributed by atoms with Gasteiger partial charge in [-0.05, 0) is 49.1 Å². The maximum atomic E-state index is 5.96. The summed E-state index contributed by atoms with van der Waals surface area (Å²) in [7, 11) is 0. The molecule has 1 aromatic heterocycles. The number of hydrogen-bond acceptors (Lipinski definition) is 1. The lowest BCUT2D eigenvalue weighted by molar-refractivity contribution is 0.972. The molecule has 126 valence electrons. The van der Waals surface area contributed by atoms with Crippen molar-refractivity contribution in [1.29, 1.82) is 0 Å². The number of rotatable bonds is 4. The van der Waals surface area contributed by atoms with E-state index in [0.29, 0.717) is 12.5 Å². The van der Waals surface area contributed by atoms with Gasteiger partial charge in [-0.25, -0.2) is 0 Å². The minimum atomic E-state index is 0. The first-order valence-electron chi connectivity index (χ1n) is 7.82. The van der Waals surface area contributed by atoms with Crippen LogP contribution in [-0.2, 0) is 6.42 Å². The van der Waals surface area contributed by atoms with E-state index in [4.69, 9.17) is 5.73 Å². The highest BCUT2D eigenvalue weighted by molar-refractivity contribution is 14.0. The van der Waals surface area contributed by atoms with Gasteiger partial charge in [-0.1, -0.05) is 30.3 Å². The minimum absolute atomic E-state index is 0. The molecule has 0 saturated carbocycles. The summed E-state index contributed by atoms with van der Waals surface area (Å²) < 4.78 is 0. The van der Waals surface area contributed by atoms with E-state index in [1.165, 1.54) is 27.6 Å². The summed E-state index contributed by atoms with van der Waals surface area (Å²) in [4.78, 5) is 7.77. The molecular weight excluding hydrogens is 411 g/mol. The molecule has 3 aromatic rings. The van der Waals surface area contributed by atoms with E-state index >= 15 is 0 Å². The monoisotopic (exact) mass is 434 g/mol. The number of fused-ring (bicyclic) bond motifs is 1. The number of benzene rings is 2. The third-order valence-electron chi connectivity index (χ3n) is 3.96. The largest absolute Gasteiger partial charge is 0.370 e. The highest BCUT2D eigenvalue weighted by atomic mass is 127. The molecule has 0 atom stereocenters. The van der Waals surface area contributed by atoms with Crippen molar-refractivity contribution in [3.05, 3.63) is 65.4 Å². The third kappa shape index (κ3) is 4.29. The lowest BCUT2D eigenvalue weighted by Gasteiger charge is -2.06. The Kier molecular flexibility index (Phi) is 6.25. The molecule has 0 saturated heterocycles. The highest BCUT2D eigenvalue weighted by Crippen LogP contribution is 2.21. The molecule has 0 radical (unpaired) electrons. The number of guanidine groups is 1. The van der Waals surface area contributed by atoms with Crippen LogP contribution in [0.3, 0.4) is 0 Å². The SMILES string of the molecule is Cc1cccc(NC(N)=NCCc2c[nH]c3c(C)cccc23)c1.I. The molecule has 5 heteroatoms. The van der Waals surface area contributed by atoms with Gasteiger partial charge in [0.1, 0.15) is 0 Å². The predicted octanol–water partition coefficient (Wildman–Crippen LogP) is 4.37. The fourth-order valence-electron chi connectivity index (χ4n) is 2.78. The molecule has 4 nitrogen and oxygen atoms in total. The van der Waals surface area contributed by atoms with Gasteiger partial charge in [0.05, 0.1) is 0 Å². The molecule has 0 amide bonds. The van der Waals surface area contributed by atoms with Crippen LogP contribution in [0, 0.1) is 13.8 Å². The Labute approximate surface area is 159 Å². The number of anilines is 1. The van der Waals surface area contributed by atoms with Crippen LogP contribution in [0.1, 0.15) is 16.7 Å². The van der Waals surface area contributed by atoms with Gasteiger partial charge in [0, 0.05) is 29.3 Å². The Morgan fingerprint density at radius 1 is 1.17 bits per heavy atom. The second kappa shape index (κ2) is 8.19. The number of hydrogen-bond donors (Lipinski definition) is 3. The number of aromatic nitrogens is 1. The van der Waals surface area contributed by atoms with Gasteiger partial charge in [-0.3, -0.25) is 4.99 Å². The van der Waals surface area contributed by atoms with E-state index in [-0.39, 0.29) is 24.0 Å². The smallest absolute Gasteiger partial charge is 0.193 e. The molecule has 0 aliphatic carbocycles.